The summed E-state index contributed by atoms with van der Waals surface area (Å²) in [5.41, 5.74) is 3.94. The molecule has 2 N–H and O–H groups in total. The van der Waals surface area contributed by atoms with Gasteiger partial charge in [-0.3, -0.25) is 9.89 Å². The van der Waals surface area contributed by atoms with Crippen LogP contribution in [0, 0.1) is 6.92 Å². The van der Waals surface area contributed by atoms with Crippen molar-refractivity contribution in [3.63, 3.8) is 0 Å². The Hall–Kier alpha value is -1.89. The van der Waals surface area contributed by atoms with Crippen molar-refractivity contribution < 1.29 is 4.74 Å². The highest BCUT2D eigenvalue weighted by molar-refractivity contribution is 7.10. The van der Waals surface area contributed by atoms with Crippen LogP contribution in [0.4, 0.5) is 0 Å². The van der Waals surface area contributed by atoms with Crippen LogP contribution < -0.4 is 10.6 Å². The van der Waals surface area contributed by atoms with Crippen LogP contribution in [0.3, 0.4) is 0 Å². The van der Waals surface area contributed by atoms with E-state index in [1.165, 1.54) is 21.6 Å². The lowest BCUT2D eigenvalue weighted by Crippen LogP contribution is -2.40. The van der Waals surface area contributed by atoms with Crippen LogP contribution in [0.1, 0.15) is 28.5 Å². The lowest BCUT2D eigenvalue weighted by molar-refractivity contribution is -0.0212. The van der Waals surface area contributed by atoms with Gasteiger partial charge >= 0.3 is 0 Å². The van der Waals surface area contributed by atoms with Crippen LogP contribution in [0.5, 0.6) is 0 Å². The number of nitrogens with one attached hydrogen (secondary N) is 2. The van der Waals surface area contributed by atoms with E-state index in [-0.39, 0.29) is 0 Å². The van der Waals surface area contributed by atoms with Crippen molar-refractivity contribution in [2.75, 3.05) is 26.7 Å². The molecule has 0 amide bonds. The molecular formula is C21H30N4OS. The Labute approximate surface area is 166 Å². The topological polar surface area (TPSA) is 48.9 Å². The maximum atomic E-state index is 5.63. The first-order valence-corrected chi connectivity index (χ1v) is 10.4. The van der Waals surface area contributed by atoms with Crippen LogP contribution in [0.25, 0.3) is 0 Å². The van der Waals surface area contributed by atoms with Gasteiger partial charge in [-0.15, -0.1) is 11.3 Å². The largest absolute Gasteiger partial charge is 0.376 e. The highest BCUT2D eigenvalue weighted by Gasteiger charge is 2.16. The van der Waals surface area contributed by atoms with E-state index < -0.39 is 0 Å². The van der Waals surface area contributed by atoms with Gasteiger partial charge in [-0.2, -0.15) is 0 Å². The number of thiophene rings is 1. The maximum Gasteiger partial charge on any atom is 0.191 e. The molecule has 27 heavy (non-hydrogen) atoms. The third-order valence-electron chi connectivity index (χ3n) is 4.79. The minimum absolute atomic E-state index is 0.324. The van der Waals surface area contributed by atoms with Crippen molar-refractivity contribution in [2.45, 2.75) is 39.6 Å². The smallest absolute Gasteiger partial charge is 0.191 e. The Morgan fingerprint density at radius 2 is 2.07 bits per heavy atom. The Morgan fingerprint density at radius 3 is 2.81 bits per heavy atom. The van der Waals surface area contributed by atoms with Gasteiger partial charge in [0.25, 0.3) is 0 Å². The molecule has 0 radical (unpaired) electrons. The summed E-state index contributed by atoms with van der Waals surface area (Å²) in [6.07, 6.45) is 0.324. The molecule has 146 valence electrons. The number of hydrogen-bond acceptors (Lipinski definition) is 4. The third-order valence-corrected chi connectivity index (χ3v) is 5.81. The quantitative estimate of drug-likeness (QED) is 0.592. The SMILES string of the molecule is CN=C(NCc1cccc(CN2CCOC(C)C2)c1)NCc1sccc1C. The van der Waals surface area contributed by atoms with E-state index in [2.05, 4.69) is 70.1 Å². The summed E-state index contributed by atoms with van der Waals surface area (Å²) in [7, 11) is 1.81. The normalized spacial score (nSPS) is 18.5. The lowest BCUT2D eigenvalue weighted by atomic mass is 10.1. The number of ether oxygens (including phenoxy) is 1. The third kappa shape index (κ3) is 6.06. The Balaban J connectivity index is 1.50. The molecule has 1 atom stereocenters. The summed E-state index contributed by atoms with van der Waals surface area (Å²) in [6, 6.07) is 10.9. The summed E-state index contributed by atoms with van der Waals surface area (Å²) in [5, 5.41) is 8.94. The average Bonchev–Trinajstić information content (AvgIpc) is 3.07. The molecule has 1 unspecified atom stereocenters. The van der Waals surface area contributed by atoms with E-state index in [9.17, 15) is 0 Å². The van der Waals surface area contributed by atoms with Gasteiger partial charge in [0.15, 0.2) is 5.96 Å². The van der Waals surface area contributed by atoms with Gasteiger partial charge in [0.1, 0.15) is 0 Å². The van der Waals surface area contributed by atoms with Crippen LogP contribution in [-0.2, 0) is 24.4 Å². The number of aryl methyl sites for hydroxylation is 1. The van der Waals surface area contributed by atoms with Gasteiger partial charge in [0, 0.05) is 38.1 Å². The molecule has 1 aromatic carbocycles. The fourth-order valence-corrected chi connectivity index (χ4v) is 4.13. The zero-order valence-corrected chi connectivity index (χ0v) is 17.3. The lowest BCUT2D eigenvalue weighted by Gasteiger charge is -2.31. The number of benzene rings is 1. The summed E-state index contributed by atoms with van der Waals surface area (Å²) in [6.45, 7) is 9.66. The first-order valence-electron chi connectivity index (χ1n) is 9.53. The second-order valence-corrected chi connectivity index (χ2v) is 8.04. The van der Waals surface area contributed by atoms with E-state index in [4.69, 9.17) is 4.74 Å². The van der Waals surface area contributed by atoms with Crippen molar-refractivity contribution in [2.24, 2.45) is 4.99 Å². The first kappa shape index (κ1) is 19.9. The molecule has 1 aliphatic heterocycles. The molecule has 0 aliphatic carbocycles. The van der Waals surface area contributed by atoms with Gasteiger partial charge in [0.05, 0.1) is 19.3 Å². The predicted octanol–water partition coefficient (Wildman–Crippen LogP) is 3.14. The Kier molecular flexibility index (Phi) is 7.26. The number of morpholine rings is 1. The second kappa shape index (κ2) is 9.88. The van der Waals surface area contributed by atoms with Gasteiger partial charge < -0.3 is 15.4 Å². The molecule has 3 rings (SSSR count). The summed E-state index contributed by atoms with van der Waals surface area (Å²) in [4.78, 5) is 8.14. The maximum absolute atomic E-state index is 5.63. The highest BCUT2D eigenvalue weighted by Crippen LogP contribution is 2.15. The molecule has 6 heteroatoms. The molecule has 1 aromatic heterocycles. The summed E-state index contributed by atoms with van der Waals surface area (Å²) in [5.74, 6) is 0.829. The molecule has 1 aliphatic rings. The number of rotatable bonds is 6. The van der Waals surface area contributed by atoms with Crippen LogP contribution >= 0.6 is 11.3 Å². The van der Waals surface area contributed by atoms with E-state index in [1.807, 2.05) is 7.05 Å². The van der Waals surface area contributed by atoms with Gasteiger partial charge in [-0.05, 0) is 42.0 Å². The van der Waals surface area contributed by atoms with Crippen molar-refractivity contribution in [1.29, 1.82) is 0 Å². The van der Waals surface area contributed by atoms with Crippen molar-refractivity contribution >= 4 is 17.3 Å². The molecular weight excluding hydrogens is 356 g/mol. The monoisotopic (exact) mass is 386 g/mol. The molecule has 0 spiro atoms. The fourth-order valence-electron chi connectivity index (χ4n) is 3.29. The minimum atomic E-state index is 0.324. The Bertz CT molecular complexity index is 758. The average molecular weight is 387 g/mol. The van der Waals surface area contributed by atoms with Crippen LogP contribution in [0.2, 0.25) is 0 Å². The summed E-state index contributed by atoms with van der Waals surface area (Å²) < 4.78 is 5.63. The molecule has 1 fully saturated rings. The van der Waals surface area contributed by atoms with Crippen molar-refractivity contribution in [3.8, 4) is 0 Å². The highest BCUT2D eigenvalue weighted by atomic mass is 32.1. The minimum Gasteiger partial charge on any atom is -0.376 e. The first-order chi connectivity index (χ1) is 13.1. The second-order valence-electron chi connectivity index (χ2n) is 7.04. The standard InChI is InChI=1S/C21H30N4OS/c1-16-7-10-27-20(16)13-24-21(22-3)23-12-18-5-4-6-19(11-18)15-25-8-9-26-17(2)14-25/h4-7,10-11,17H,8-9,12-15H2,1-3H3,(H2,22,23,24). The van der Waals surface area contributed by atoms with E-state index in [0.29, 0.717) is 6.10 Å². The zero-order valence-electron chi connectivity index (χ0n) is 16.5. The van der Waals surface area contributed by atoms with Crippen molar-refractivity contribution in [1.82, 2.24) is 15.5 Å². The van der Waals surface area contributed by atoms with E-state index in [1.54, 1.807) is 11.3 Å². The number of guanidine groups is 1. The molecule has 5 nitrogen and oxygen atoms in total. The molecule has 1 saturated heterocycles. The molecule has 0 bridgehead atoms. The summed E-state index contributed by atoms with van der Waals surface area (Å²) >= 11 is 1.78. The molecule has 0 saturated carbocycles. The fraction of sp³-hybridized carbons (Fsp3) is 0.476. The van der Waals surface area contributed by atoms with Gasteiger partial charge in [-0.25, -0.2) is 0 Å². The number of aliphatic imine (C=N–C) groups is 1. The Morgan fingerprint density at radius 1 is 1.26 bits per heavy atom. The molecule has 2 aromatic rings. The van der Waals surface area contributed by atoms with Crippen molar-refractivity contribution in [3.05, 3.63) is 57.3 Å². The number of nitrogens with zero attached hydrogens (tertiary/aromatic N) is 2. The zero-order chi connectivity index (χ0) is 19.1. The molecule has 2 heterocycles. The van der Waals surface area contributed by atoms with Crippen LogP contribution in [0.15, 0.2) is 40.7 Å². The predicted molar refractivity (Wildman–Crippen MR) is 113 cm³/mol. The van der Waals surface area contributed by atoms with E-state index in [0.717, 1.165) is 45.3 Å². The van der Waals surface area contributed by atoms with Gasteiger partial charge in [-0.1, -0.05) is 24.3 Å². The van der Waals surface area contributed by atoms with Crippen LogP contribution in [-0.4, -0.2) is 43.7 Å². The van der Waals surface area contributed by atoms with E-state index >= 15 is 0 Å². The van der Waals surface area contributed by atoms with Gasteiger partial charge in [0.2, 0.25) is 0 Å². The number of hydrogen-bond donors (Lipinski definition) is 2.